The summed E-state index contributed by atoms with van der Waals surface area (Å²) in [6.45, 7) is 3.53. The van der Waals surface area contributed by atoms with Crippen LogP contribution in [-0.4, -0.2) is 5.78 Å². The van der Waals surface area contributed by atoms with Crippen molar-refractivity contribution in [1.29, 1.82) is 0 Å². The van der Waals surface area contributed by atoms with E-state index in [4.69, 9.17) is 0 Å². The predicted octanol–water partition coefficient (Wildman–Crippen LogP) is 3.19. The van der Waals surface area contributed by atoms with Gasteiger partial charge in [0, 0.05) is 5.92 Å². The molecule has 0 aliphatic heterocycles. The molecule has 14 heavy (non-hydrogen) atoms. The average Bonchev–Trinajstić information content (AvgIpc) is 2.20. The summed E-state index contributed by atoms with van der Waals surface area (Å²) in [5, 5.41) is 0. The number of carbonyl (C=O) groups excluding carboxylic acids is 1. The Balaban J connectivity index is 3.07. The Kier molecular flexibility index (Phi) is 3.33. The van der Waals surface area contributed by atoms with Gasteiger partial charge in [-0.1, -0.05) is 19.9 Å². The van der Waals surface area contributed by atoms with Crippen molar-refractivity contribution in [2.75, 3.05) is 0 Å². The summed E-state index contributed by atoms with van der Waals surface area (Å²) >= 11 is 0. The van der Waals surface area contributed by atoms with Gasteiger partial charge in [-0.2, -0.15) is 0 Å². The monoisotopic (exact) mass is 198 g/mol. The Morgan fingerprint density at radius 2 is 2.07 bits per heavy atom. The third-order valence-electron chi connectivity index (χ3n) is 2.28. The third-order valence-corrected chi connectivity index (χ3v) is 2.28. The number of rotatable bonds is 3. The van der Waals surface area contributed by atoms with E-state index in [9.17, 15) is 13.6 Å². The van der Waals surface area contributed by atoms with E-state index in [1.165, 1.54) is 12.1 Å². The van der Waals surface area contributed by atoms with Gasteiger partial charge in [-0.25, -0.2) is 8.78 Å². The molecule has 1 unspecified atom stereocenters. The SMILES string of the molecule is CCC(C)C(=O)c1cccc(F)c1F. The lowest BCUT2D eigenvalue weighted by Crippen LogP contribution is -2.12. The first kappa shape index (κ1) is 10.8. The Morgan fingerprint density at radius 1 is 1.43 bits per heavy atom. The summed E-state index contributed by atoms with van der Waals surface area (Å²) < 4.78 is 25.9. The lowest BCUT2D eigenvalue weighted by Gasteiger charge is -2.08. The highest BCUT2D eigenvalue weighted by Crippen LogP contribution is 2.17. The van der Waals surface area contributed by atoms with Gasteiger partial charge in [0.2, 0.25) is 0 Å². The highest BCUT2D eigenvalue weighted by atomic mass is 19.2. The zero-order valence-corrected chi connectivity index (χ0v) is 8.18. The molecular formula is C11H12F2O. The van der Waals surface area contributed by atoms with Crippen LogP contribution in [0, 0.1) is 17.6 Å². The summed E-state index contributed by atoms with van der Waals surface area (Å²) in [5.74, 6) is -2.63. The largest absolute Gasteiger partial charge is 0.294 e. The maximum atomic E-state index is 13.2. The van der Waals surface area contributed by atoms with Gasteiger partial charge in [-0.15, -0.1) is 0 Å². The van der Waals surface area contributed by atoms with E-state index in [0.717, 1.165) is 6.07 Å². The zero-order valence-electron chi connectivity index (χ0n) is 8.18. The van der Waals surface area contributed by atoms with Crippen molar-refractivity contribution in [1.82, 2.24) is 0 Å². The van der Waals surface area contributed by atoms with Crippen LogP contribution in [0.15, 0.2) is 18.2 Å². The van der Waals surface area contributed by atoms with Crippen LogP contribution in [0.2, 0.25) is 0 Å². The Morgan fingerprint density at radius 3 is 2.64 bits per heavy atom. The molecule has 0 bridgehead atoms. The maximum Gasteiger partial charge on any atom is 0.169 e. The van der Waals surface area contributed by atoms with E-state index in [0.29, 0.717) is 6.42 Å². The molecule has 1 nitrogen and oxygen atoms in total. The smallest absolute Gasteiger partial charge is 0.169 e. The van der Waals surface area contributed by atoms with Gasteiger partial charge in [0.15, 0.2) is 17.4 Å². The molecule has 0 N–H and O–H groups in total. The number of hydrogen-bond acceptors (Lipinski definition) is 1. The summed E-state index contributed by atoms with van der Waals surface area (Å²) in [4.78, 5) is 11.5. The minimum atomic E-state index is -1.04. The Labute approximate surface area is 81.7 Å². The molecule has 0 saturated carbocycles. The first-order valence-corrected chi connectivity index (χ1v) is 4.56. The number of halogens is 2. The fourth-order valence-corrected chi connectivity index (χ4v) is 1.14. The van der Waals surface area contributed by atoms with E-state index >= 15 is 0 Å². The normalized spacial score (nSPS) is 12.6. The van der Waals surface area contributed by atoms with E-state index in [1.807, 2.05) is 6.92 Å². The van der Waals surface area contributed by atoms with Gasteiger partial charge < -0.3 is 0 Å². The predicted molar refractivity (Wildman–Crippen MR) is 50.1 cm³/mol. The molecule has 1 aromatic rings. The summed E-state index contributed by atoms with van der Waals surface area (Å²) in [5.41, 5.74) is -0.153. The van der Waals surface area contributed by atoms with Crippen LogP contribution in [0.3, 0.4) is 0 Å². The molecule has 76 valence electrons. The molecule has 1 rings (SSSR count). The number of hydrogen-bond donors (Lipinski definition) is 0. The van der Waals surface area contributed by atoms with Crippen LogP contribution in [-0.2, 0) is 0 Å². The molecule has 0 aliphatic carbocycles. The van der Waals surface area contributed by atoms with Crippen LogP contribution < -0.4 is 0 Å². The quantitative estimate of drug-likeness (QED) is 0.681. The number of ketones is 1. The van der Waals surface area contributed by atoms with Crippen molar-refractivity contribution >= 4 is 5.78 Å². The Hall–Kier alpha value is -1.25. The third kappa shape index (κ3) is 1.97. The van der Waals surface area contributed by atoms with Crippen LogP contribution >= 0.6 is 0 Å². The summed E-state index contributed by atoms with van der Waals surface area (Å²) in [6, 6.07) is 3.66. The minimum absolute atomic E-state index is 0.153. The second kappa shape index (κ2) is 4.31. The van der Waals surface area contributed by atoms with Crippen LogP contribution in [0.5, 0.6) is 0 Å². The standard InChI is InChI=1S/C11H12F2O/c1-3-7(2)11(14)8-5-4-6-9(12)10(8)13/h4-7H,3H2,1-2H3. The van der Waals surface area contributed by atoms with E-state index < -0.39 is 11.6 Å². The molecule has 0 spiro atoms. The van der Waals surface area contributed by atoms with Crippen molar-refractivity contribution in [3.05, 3.63) is 35.4 Å². The van der Waals surface area contributed by atoms with Gasteiger partial charge in [-0.3, -0.25) is 4.79 Å². The zero-order chi connectivity index (χ0) is 10.7. The van der Waals surface area contributed by atoms with Gasteiger partial charge in [-0.05, 0) is 18.6 Å². The topological polar surface area (TPSA) is 17.1 Å². The van der Waals surface area contributed by atoms with Gasteiger partial charge in [0.25, 0.3) is 0 Å². The van der Waals surface area contributed by atoms with Crippen LogP contribution in [0.1, 0.15) is 30.6 Å². The molecule has 0 aromatic heterocycles. The molecule has 0 amide bonds. The lowest BCUT2D eigenvalue weighted by atomic mass is 9.97. The summed E-state index contributed by atoms with van der Waals surface area (Å²) in [7, 11) is 0. The van der Waals surface area contributed by atoms with Gasteiger partial charge in [0.05, 0.1) is 5.56 Å². The maximum absolute atomic E-state index is 13.2. The highest BCUT2D eigenvalue weighted by Gasteiger charge is 2.18. The molecular weight excluding hydrogens is 186 g/mol. The second-order valence-corrected chi connectivity index (χ2v) is 3.27. The molecule has 0 saturated heterocycles. The van der Waals surface area contributed by atoms with E-state index in [2.05, 4.69) is 0 Å². The van der Waals surface area contributed by atoms with Gasteiger partial charge in [0.1, 0.15) is 0 Å². The molecule has 0 radical (unpaired) electrons. The highest BCUT2D eigenvalue weighted by molar-refractivity contribution is 5.97. The molecule has 0 heterocycles. The molecule has 0 aliphatic rings. The molecule has 0 fully saturated rings. The van der Waals surface area contributed by atoms with Crippen LogP contribution in [0.25, 0.3) is 0 Å². The van der Waals surface area contributed by atoms with Crippen molar-refractivity contribution in [2.45, 2.75) is 20.3 Å². The van der Waals surface area contributed by atoms with Crippen LogP contribution in [0.4, 0.5) is 8.78 Å². The van der Waals surface area contributed by atoms with Crippen molar-refractivity contribution in [3.63, 3.8) is 0 Å². The first-order chi connectivity index (χ1) is 6.57. The summed E-state index contributed by atoms with van der Waals surface area (Å²) in [6.07, 6.45) is 0.620. The lowest BCUT2D eigenvalue weighted by molar-refractivity contribution is 0.0922. The van der Waals surface area contributed by atoms with Crippen molar-refractivity contribution in [2.24, 2.45) is 5.92 Å². The van der Waals surface area contributed by atoms with Crippen molar-refractivity contribution < 1.29 is 13.6 Å². The molecule has 3 heteroatoms. The molecule has 1 atom stereocenters. The number of Topliss-reactive ketones (excluding diaryl/α,β-unsaturated/α-hetero) is 1. The van der Waals surface area contributed by atoms with E-state index in [1.54, 1.807) is 6.92 Å². The average molecular weight is 198 g/mol. The van der Waals surface area contributed by atoms with Gasteiger partial charge >= 0.3 is 0 Å². The number of benzene rings is 1. The first-order valence-electron chi connectivity index (χ1n) is 4.56. The fourth-order valence-electron chi connectivity index (χ4n) is 1.14. The Bertz CT molecular complexity index is 347. The number of carbonyl (C=O) groups is 1. The fraction of sp³-hybridized carbons (Fsp3) is 0.364. The molecule has 1 aromatic carbocycles. The van der Waals surface area contributed by atoms with Crippen molar-refractivity contribution in [3.8, 4) is 0 Å². The van der Waals surface area contributed by atoms with E-state index in [-0.39, 0.29) is 17.3 Å². The minimum Gasteiger partial charge on any atom is -0.294 e. The second-order valence-electron chi connectivity index (χ2n) is 3.27.